The van der Waals surface area contributed by atoms with Gasteiger partial charge in [-0.2, -0.15) is 0 Å². The smallest absolute Gasteiger partial charge is 0.0500 e. The van der Waals surface area contributed by atoms with Crippen molar-refractivity contribution in [2.75, 3.05) is 13.1 Å². The summed E-state index contributed by atoms with van der Waals surface area (Å²) in [6.45, 7) is 6.85. The van der Waals surface area contributed by atoms with Gasteiger partial charge in [-0.15, -0.1) is 0 Å². The van der Waals surface area contributed by atoms with Gasteiger partial charge in [0.05, 0.1) is 0 Å². The lowest BCUT2D eigenvalue weighted by molar-refractivity contribution is 0.201. The topological polar surface area (TPSA) is 42.2 Å². The maximum Gasteiger partial charge on any atom is 0.0500 e. The van der Waals surface area contributed by atoms with Crippen molar-refractivity contribution >= 4 is 0 Å². The second kappa shape index (κ2) is 7.01. The fourth-order valence-corrected chi connectivity index (χ4v) is 3.27. The highest BCUT2D eigenvalue weighted by atomic mass is 15.2. The highest BCUT2D eigenvalue weighted by Gasteiger charge is 2.31. The zero-order valence-corrected chi connectivity index (χ0v) is 12.3. The first-order valence-corrected chi connectivity index (χ1v) is 7.65. The van der Waals surface area contributed by atoms with Crippen molar-refractivity contribution in [3.8, 4) is 0 Å². The first-order valence-electron chi connectivity index (χ1n) is 7.65. The van der Waals surface area contributed by atoms with Crippen molar-refractivity contribution in [2.24, 2.45) is 11.7 Å². The van der Waals surface area contributed by atoms with E-state index in [0.29, 0.717) is 6.04 Å². The molecule has 106 valence electrons. The molecule has 0 aliphatic carbocycles. The summed E-state index contributed by atoms with van der Waals surface area (Å²) in [7, 11) is 0. The number of hydrogen-bond acceptors (Lipinski definition) is 3. The third-order valence-corrected chi connectivity index (χ3v) is 4.33. The average molecular weight is 261 g/mol. The zero-order chi connectivity index (χ0) is 13.7. The van der Waals surface area contributed by atoms with Crippen molar-refractivity contribution in [3.05, 3.63) is 30.1 Å². The van der Waals surface area contributed by atoms with E-state index in [4.69, 9.17) is 5.73 Å². The van der Waals surface area contributed by atoms with E-state index in [0.717, 1.165) is 12.3 Å². The molecule has 3 nitrogen and oxygen atoms in total. The molecule has 2 rings (SSSR count). The van der Waals surface area contributed by atoms with E-state index in [1.165, 1.54) is 37.9 Å². The number of pyridine rings is 1. The number of hydrogen-bond donors (Lipinski definition) is 1. The maximum atomic E-state index is 6.39. The highest BCUT2D eigenvalue weighted by Crippen LogP contribution is 2.31. The average Bonchev–Trinajstić information content (AvgIpc) is 2.89. The van der Waals surface area contributed by atoms with Gasteiger partial charge < -0.3 is 5.73 Å². The van der Waals surface area contributed by atoms with Gasteiger partial charge in [0, 0.05) is 31.0 Å². The van der Waals surface area contributed by atoms with Crippen molar-refractivity contribution in [2.45, 2.75) is 51.6 Å². The van der Waals surface area contributed by atoms with E-state index in [1.54, 1.807) is 0 Å². The molecular formula is C16H27N3. The summed E-state index contributed by atoms with van der Waals surface area (Å²) >= 11 is 0. The van der Waals surface area contributed by atoms with Crippen LogP contribution in [0.2, 0.25) is 0 Å². The Morgan fingerprint density at radius 2 is 2.11 bits per heavy atom. The van der Waals surface area contributed by atoms with Crippen LogP contribution in [-0.4, -0.2) is 29.0 Å². The monoisotopic (exact) mass is 261 g/mol. The van der Waals surface area contributed by atoms with E-state index in [1.807, 2.05) is 12.4 Å². The van der Waals surface area contributed by atoms with Gasteiger partial charge in [0.15, 0.2) is 0 Å². The summed E-state index contributed by atoms with van der Waals surface area (Å²) in [4.78, 5) is 6.71. The minimum atomic E-state index is 0.211. The van der Waals surface area contributed by atoms with Crippen molar-refractivity contribution in [1.82, 2.24) is 9.88 Å². The minimum Gasteiger partial charge on any atom is -0.326 e. The van der Waals surface area contributed by atoms with Gasteiger partial charge in [-0.1, -0.05) is 20.3 Å². The Kier molecular flexibility index (Phi) is 5.34. The molecule has 1 aromatic heterocycles. The Balaban J connectivity index is 2.11. The molecule has 1 aliphatic heterocycles. The highest BCUT2D eigenvalue weighted by molar-refractivity contribution is 5.18. The lowest BCUT2D eigenvalue weighted by Crippen LogP contribution is -2.39. The van der Waals surface area contributed by atoms with Gasteiger partial charge in [-0.3, -0.25) is 9.88 Å². The van der Waals surface area contributed by atoms with Crippen LogP contribution in [0.4, 0.5) is 0 Å². The largest absolute Gasteiger partial charge is 0.326 e. The first kappa shape index (κ1) is 14.5. The summed E-state index contributed by atoms with van der Waals surface area (Å²) < 4.78 is 0. The van der Waals surface area contributed by atoms with E-state index in [2.05, 4.69) is 35.9 Å². The number of aromatic nitrogens is 1. The van der Waals surface area contributed by atoms with Crippen LogP contribution in [0, 0.1) is 5.92 Å². The molecule has 3 heteroatoms. The Morgan fingerprint density at radius 3 is 2.74 bits per heavy atom. The van der Waals surface area contributed by atoms with Crippen LogP contribution in [0.5, 0.6) is 0 Å². The van der Waals surface area contributed by atoms with Crippen LogP contribution in [0.15, 0.2) is 24.5 Å². The Hall–Kier alpha value is -0.930. The van der Waals surface area contributed by atoms with Crippen LogP contribution >= 0.6 is 0 Å². The molecule has 2 N–H and O–H groups in total. The van der Waals surface area contributed by atoms with Crippen LogP contribution in [-0.2, 0) is 0 Å². The molecule has 19 heavy (non-hydrogen) atoms. The molecule has 3 atom stereocenters. The Bertz CT molecular complexity index is 366. The molecule has 1 aromatic rings. The molecule has 2 heterocycles. The van der Waals surface area contributed by atoms with E-state index in [-0.39, 0.29) is 6.04 Å². The molecule has 0 saturated carbocycles. The number of nitrogens with zero attached hydrogens (tertiary/aromatic N) is 2. The van der Waals surface area contributed by atoms with Crippen molar-refractivity contribution in [1.29, 1.82) is 0 Å². The van der Waals surface area contributed by atoms with Crippen molar-refractivity contribution in [3.63, 3.8) is 0 Å². The van der Waals surface area contributed by atoms with Gasteiger partial charge in [-0.05, 0) is 49.4 Å². The summed E-state index contributed by atoms with van der Waals surface area (Å²) in [6.07, 6.45) is 8.74. The van der Waals surface area contributed by atoms with Gasteiger partial charge in [-0.25, -0.2) is 0 Å². The molecule has 0 radical (unpaired) electrons. The van der Waals surface area contributed by atoms with Crippen LogP contribution in [0.3, 0.4) is 0 Å². The summed E-state index contributed by atoms with van der Waals surface area (Å²) in [6, 6.07) is 4.80. The first-order chi connectivity index (χ1) is 9.26. The van der Waals surface area contributed by atoms with Gasteiger partial charge >= 0.3 is 0 Å². The molecule has 1 saturated heterocycles. The lowest BCUT2D eigenvalue weighted by atomic mass is 9.97. The van der Waals surface area contributed by atoms with E-state index in [9.17, 15) is 0 Å². The summed E-state index contributed by atoms with van der Waals surface area (Å²) in [5.41, 5.74) is 7.71. The SMILES string of the molecule is CCCC1CCN(C(c2ccncc2)C(N)CC)C1. The van der Waals surface area contributed by atoms with E-state index < -0.39 is 0 Å². The molecule has 0 aromatic carbocycles. The second-order valence-electron chi connectivity index (χ2n) is 5.74. The normalized spacial score (nSPS) is 23.4. The molecule has 0 bridgehead atoms. The number of rotatable bonds is 6. The van der Waals surface area contributed by atoms with Gasteiger partial charge in [0.2, 0.25) is 0 Å². The maximum absolute atomic E-state index is 6.39. The Labute approximate surface area is 117 Å². The third-order valence-electron chi connectivity index (χ3n) is 4.33. The fourth-order valence-electron chi connectivity index (χ4n) is 3.27. The standard InChI is InChI=1S/C16H27N3/c1-3-5-13-8-11-19(12-13)16(15(17)4-2)14-6-9-18-10-7-14/h6-7,9-10,13,15-16H,3-5,8,11-12,17H2,1-2H3. The van der Waals surface area contributed by atoms with Crippen LogP contribution in [0.25, 0.3) is 0 Å². The summed E-state index contributed by atoms with van der Waals surface area (Å²) in [5, 5.41) is 0. The quantitative estimate of drug-likeness (QED) is 0.856. The van der Waals surface area contributed by atoms with Gasteiger partial charge in [0.1, 0.15) is 0 Å². The van der Waals surface area contributed by atoms with Crippen LogP contribution in [0.1, 0.15) is 51.1 Å². The molecule has 1 aliphatic rings. The van der Waals surface area contributed by atoms with E-state index >= 15 is 0 Å². The number of nitrogens with two attached hydrogens (primary N) is 1. The summed E-state index contributed by atoms with van der Waals surface area (Å²) in [5.74, 6) is 0.860. The second-order valence-corrected chi connectivity index (χ2v) is 5.74. The van der Waals surface area contributed by atoms with Crippen LogP contribution < -0.4 is 5.73 Å². The Morgan fingerprint density at radius 1 is 1.37 bits per heavy atom. The zero-order valence-electron chi connectivity index (χ0n) is 12.3. The van der Waals surface area contributed by atoms with Crippen molar-refractivity contribution < 1.29 is 0 Å². The minimum absolute atomic E-state index is 0.211. The molecule has 1 fully saturated rings. The van der Waals surface area contributed by atoms with Gasteiger partial charge in [0.25, 0.3) is 0 Å². The fraction of sp³-hybridized carbons (Fsp3) is 0.688. The molecule has 3 unspecified atom stereocenters. The lowest BCUT2D eigenvalue weighted by Gasteiger charge is -2.32. The molecular weight excluding hydrogens is 234 g/mol. The predicted molar refractivity (Wildman–Crippen MR) is 79.8 cm³/mol. The predicted octanol–water partition coefficient (Wildman–Crippen LogP) is 2.98. The molecule has 0 spiro atoms. The molecule has 0 amide bonds. The third kappa shape index (κ3) is 3.54. The number of likely N-dealkylation sites (tertiary alicyclic amines) is 1.